The smallest absolute Gasteiger partial charge is 0.232 e. The molecule has 0 spiro atoms. The fourth-order valence-electron chi connectivity index (χ4n) is 0.550. The summed E-state index contributed by atoms with van der Waals surface area (Å²) in [5, 5.41) is 8.89. The Bertz CT molecular complexity index is 147. The largest absolute Gasteiger partial charge is 0.394 e. The van der Waals surface area contributed by atoms with Gasteiger partial charge >= 0.3 is 0 Å². The van der Waals surface area contributed by atoms with E-state index in [9.17, 15) is 4.79 Å². The minimum absolute atomic E-state index is 0.0387. The second kappa shape index (κ2) is 3.97. The zero-order valence-electron chi connectivity index (χ0n) is 7.16. The first-order valence-electron chi connectivity index (χ1n) is 3.44. The van der Waals surface area contributed by atoms with Crippen LogP contribution in [0.1, 0.15) is 13.8 Å². The summed E-state index contributed by atoms with van der Waals surface area (Å²) in [7, 11) is 1.66. The molecule has 0 bridgehead atoms. The number of carbonyl (C=O) groups excluding carboxylic acids is 1. The molecule has 0 aliphatic carbocycles. The van der Waals surface area contributed by atoms with Crippen molar-refractivity contribution in [1.29, 1.82) is 0 Å². The van der Waals surface area contributed by atoms with Gasteiger partial charge in [-0.05, 0) is 13.8 Å². The van der Waals surface area contributed by atoms with Crippen LogP contribution in [0, 0.1) is 0 Å². The molecular formula is C7H15NO2S. The van der Waals surface area contributed by atoms with Crippen molar-refractivity contribution in [3.8, 4) is 0 Å². The lowest BCUT2D eigenvalue weighted by Crippen LogP contribution is -2.48. The third-order valence-corrected chi connectivity index (χ3v) is 2.07. The summed E-state index contributed by atoms with van der Waals surface area (Å²) in [5.41, 5.74) is -0.486. The van der Waals surface area contributed by atoms with Crippen LogP contribution in [0.2, 0.25) is 0 Å². The van der Waals surface area contributed by atoms with Crippen LogP contribution in [-0.4, -0.2) is 40.9 Å². The molecular weight excluding hydrogens is 162 g/mol. The van der Waals surface area contributed by atoms with Gasteiger partial charge in [0.05, 0.1) is 17.9 Å². The van der Waals surface area contributed by atoms with E-state index >= 15 is 0 Å². The Labute approximate surface area is 72.8 Å². The number of hydrogen-bond acceptors (Lipinski definition) is 3. The molecule has 0 aliphatic heterocycles. The molecule has 0 aromatic heterocycles. The van der Waals surface area contributed by atoms with Gasteiger partial charge in [-0.2, -0.15) is 12.6 Å². The van der Waals surface area contributed by atoms with Crippen LogP contribution >= 0.6 is 12.6 Å². The predicted octanol–water partition coefficient (Wildman–Crippen LogP) is 0.146. The monoisotopic (exact) mass is 177 g/mol. The van der Waals surface area contributed by atoms with Gasteiger partial charge in [-0.25, -0.2) is 0 Å². The quantitative estimate of drug-likeness (QED) is 0.602. The van der Waals surface area contributed by atoms with E-state index in [1.54, 1.807) is 20.9 Å². The molecule has 0 aliphatic rings. The van der Waals surface area contributed by atoms with Crippen molar-refractivity contribution >= 4 is 18.5 Å². The predicted molar refractivity (Wildman–Crippen MR) is 47.8 cm³/mol. The Morgan fingerprint density at radius 1 is 1.64 bits per heavy atom. The zero-order chi connectivity index (χ0) is 9.07. The number of hydrogen-bond donors (Lipinski definition) is 2. The van der Waals surface area contributed by atoms with Crippen LogP contribution in [0.4, 0.5) is 0 Å². The molecule has 1 amide bonds. The molecule has 3 nitrogen and oxygen atoms in total. The van der Waals surface area contributed by atoms with Crippen molar-refractivity contribution in [2.75, 3.05) is 19.4 Å². The zero-order valence-corrected chi connectivity index (χ0v) is 8.06. The highest BCUT2D eigenvalue weighted by Gasteiger charge is 2.25. The van der Waals surface area contributed by atoms with E-state index in [4.69, 9.17) is 5.11 Å². The van der Waals surface area contributed by atoms with E-state index in [1.807, 2.05) is 0 Å². The average Bonchev–Trinajstić information content (AvgIpc) is 2.01. The Balaban J connectivity index is 4.22. The van der Waals surface area contributed by atoms with Gasteiger partial charge in [0.25, 0.3) is 0 Å². The van der Waals surface area contributed by atoms with Crippen molar-refractivity contribution in [1.82, 2.24) is 4.90 Å². The van der Waals surface area contributed by atoms with Crippen molar-refractivity contribution < 1.29 is 9.90 Å². The first-order chi connectivity index (χ1) is 4.95. The molecule has 4 heteroatoms. The lowest BCUT2D eigenvalue weighted by Gasteiger charge is -2.33. The number of aliphatic hydroxyl groups is 1. The number of amides is 1. The number of carbonyl (C=O) groups is 1. The number of aliphatic hydroxyl groups excluding tert-OH is 1. The van der Waals surface area contributed by atoms with Crippen LogP contribution in [0.5, 0.6) is 0 Å². The molecule has 66 valence electrons. The Kier molecular flexibility index (Phi) is 3.89. The van der Waals surface area contributed by atoms with Crippen molar-refractivity contribution in [2.24, 2.45) is 0 Å². The van der Waals surface area contributed by atoms with Gasteiger partial charge in [0.1, 0.15) is 0 Å². The van der Waals surface area contributed by atoms with Crippen LogP contribution in [0.15, 0.2) is 0 Å². The van der Waals surface area contributed by atoms with Gasteiger partial charge < -0.3 is 10.0 Å². The van der Waals surface area contributed by atoms with Crippen LogP contribution < -0.4 is 0 Å². The molecule has 1 N–H and O–H groups in total. The third kappa shape index (κ3) is 2.71. The summed E-state index contributed by atoms with van der Waals surface area (Å²) in [6.45, 7) is 3.56. The number of rotatable bonds is 3. The molecule has 0 unspecified atom stereocenters. The second-order valence-electron chi connectivity index (χ2n) is 3.08. The molecule has 0 fully saturated rings. The number of likely N-dealkylation sites (N-methyl/N-ethyl adjacent to an activating group) is 1. The molecule has 0 heterocycles. The summed E-state index contributed by atoms with van der Waals surface area (Å²) < 4.78 is 0. The summed E-state index contributed by atoms with van der Waals surface area (Å²) >= 11 is 3.85. The third-order valence-electron chi connectivity index (χ3n) is 1.80. The van der Waals surface area contributed by atoms with Crippen LogP contribution in [-0.2, 0) is 4.79 Å². The van der Waals surface area contributed by atoms with Crippen LogP contribution in [0.25, 0.3) is 0 Å². The molecule has 0 rings (SSSR count). The Morgan fingerprint density at radius 2 is 2.09 bits per heavy atom. The molecule has 0 saturated heterocycles. The van der Waals surface area contributed by atoms with Gasteiger partial charge in [-0.1, -0.05) is 0 Å². The second-order valence-corrected chi connectivity index (χ2v) is 3.40. The van der Waals surface area contributed by atoms with E-state index in [0.717, 1.165) is 0 Å². The van der Waals surface area contributed by atoms with Crippen LogP contribution in [0.3, 0.4) is 0 Å². The van der Waals surface area contributed by atoms with Gasteiger partial charge in [0, 0.05) is 7.05 Å². The minimum Gasteiger partial charge on any atom is -0.394 e. The fraction of sp³-hybridized carbons (Fsp3) is 0.857. The van der Waals surface area contributed by atoms with Gasteiger partial charge in [-0.15, -0.1) is 0 Å². The number of nitrogens with zero attached hydrogens (tertiary/aromatic N) is 1. The van der Waals surface area contributed by atoms with E-state index in [-0.39, 0.29) is 18.3 Å². The van der Waals surface area contributed by atoms with Crippen molar-refractivity contribution in [3.63, 3.8) is 0 Å². The van der Waals surface area contributed by atoms with E-state index in [0.29, 0.717) is 0 Å². The van der Waals surface area contributed by atoms with Gasteiger partial charge in [0.15, 0.2) is 0 Å². The molecule has 11 heavy (non-hydrogen) atoms. The molecule has 0 atom stereocenters. The lowest BCUT2D eigenvalue weighted by atomic mass is 10.1. The number of thiol groups is 1. The van der Waals surface area contributed by atoms with Gasteiger partial charge in [0.2, 0.25) is 5.91 Å². The Hall–Kier alpha value is -0.220. The summed E-state index contributed by atoms with van der Waals surface area (Å²) in [6, 6.07) is 0. The molecule has 0 aromatic rings. The van der Waals surface area contributed by atoms with E-state index in [2.05, 4.69) is 12.6 Å². The van der Waals surface area contributed by atoms with E-state index < -0.39 is 5.54 Å². The summed E-state index contributed by atoms with van der Waals surface area (Å²) in [6.07, 6.45) is 0. The normalized spacial score (nSPS) is 11.4. The molecule has 0 saturated carbocycles. The highest BCUT2D eigenvalue weighted by Crippen LogP contribution is 2.10. The maximum absolute atomic E-state index is 11.1. The topological polar surface area (TPSA) is 40.5 Å². The lowest BCUT2D eigenvalue weighted by molar-refractivity contribution is -0.133. The minimum atomic E-state index is -0.486. The van der Waals surface area contributed by atoms with Crippen molar-refractivity contribution in [2.45, 2.75) is 19.4 Å². The molecule has 0 aromatic carbocycles. The van der Waals surface area contributed by atoms with E-state index in [1.165, 1.54) is 4.90 Å². The first-order valence-corrected chi connectivity index (χ1v) is 4.07. The summed E-state index contributed by atoms with van der Waals surface area (Å²) in [5.74, 6) is 0.104. The Morgan fingerprint density at radius 3 is 2.36 bits per heavy atom. The first kappa shape index (κ1) is 10.8. The maximum atomic E-state index is 11.1. The van der Waals surface area contributed by atoms with Crippen molar-refractivity contribution in [3.05, 3.63) is 0 Å². The maximum Gasteiger partial charge on any atom is 0.232 e. The fourth-order valence-corrected chi connectivity index (χ4v) is 0.762. The SMILES string of the molecule is CN(C(=O)CS)C(C)(C)CO. The van der Waals surface area contributed by atoms with Gasteiger partial charge in [-0.3, -0.25) is 4.79 Å². The molecule has 0 radical (unpaired) electrons. The average molecular weight is 177 g/mol. The highest BCUT2D eigenvalue weighted by atomic mass is 32.1. The highest BCUT2D eigenvalue weighted by molar-refractivity contribution is 7.81. The standard InChI is InChI=1S/C7H15NO2S/c1-7(2,5-9)8(3)6(10)4-11/h9,11H,4-5H2,1-3H3. The summed E-state index contributed by atoms with van der Waals surface area (Å²) in [4.78, 5) is 12.6.